The number of ether oxygens (including phenoxy) is 1. The lowest BCUT2D eigenvalue weighted by molar-refractivity contribution is -0.137. The zero-order chi connectivity index (χ0) is 32.4. The zero-order valence-electron chi connectivity index (χ0n) is 24.8. The molecule has 2 fully saturated rings. The van der Waals surface area contributed by atoms with E-state index in [4.69, 9.17) is 4.74 Å². The molecule has 1 aliphatic heterocycles. The highest BCUT2D eigenvalue weighted by molar-refractivity contribution is 7.98. The Morgan fingerprint density at radius 1 is 1.15 bits per heavy atom. The van der Waals surface area contributed by atoms with E-state index in [1.54, 1.807) is 47.0 Å². The highest BCUT2D eigenvalue weighted by Crippen LogP contribution is 2.52. The first kappa shape index (κ1) is 30.5. The molecular weight excluding hydrogens is 624 g/mol. The molecule has 4 heterocycles. The molecule has 1 unspecified atom stereocenters. The van der Waals surface area contributed by atoms with E-state index in [-0.39, 0.29) is 24.6 Å². The van der Waals surface area contributed by atoms with Gasteiger partial charge in [0.05, 0.1) is 57.5 Å². The fourth-order valence-electron chi connectivity index (χ4n) is 6.89. The number of alkyl halides is 3. The first-order chi connectivity index (χ1) is 21.9. The van der Waals surface area contributed by atoms with E-state index in [9.17, 15) is 26.6 Å². The fraction of sp³-hybridized carbons (Fsp3) is 0.344. The van der Waals surface area contributed by atoms with Crippen molar-refractivity contribution in [1.82, 2.24) is 28.9 Å². The van der Waals surface area contributed by atoms with Gasteiger partial charge in [0.1, 0.15) is 11.5 Å². The summed E-state index contributed by atoms with van der Waals surface area (Å²) in [6.07, 6.45) is 2.71. The molecule has 9 nitrogen and oxygen atoms in total. The molecule has 46 heavy (non-hydrogen) atoms. The lowest BCUT2D eigenvalue weighted by Gasteiger charge is -2.50. The minimum Gasteiger partial charge on any atom is -0.378 e. The molecular formula is C32H30F4N6O3S. The number of nitrogens with zero attached hydrogens (tertiary/aromatic N) is 6. The summed E-state index contributed by atoms with van der Waals surface area (Å²) < 4.78 is 79.9. The van der Waals surface area contributed by atoms with Gasteiger partial charge in [0, 0.05) is 25.5 Å². The van der Waals surface area contributed by atoms with Crippen LogP contribution in [0.15, 0.2) is 71.7 Å². The topological polar surface area (TPSA) is 95.1 Å². The minimum absolute atomic E-state index is 0.138. The third-order valence-corrected chi connectivity index (χ3v) is 11.3. The Bertz CT molecular complexity index is 1960. The van der Waals surface area contributed by atoms with Crippen molar-refractivity contribution in [3.63, 3.8) is 0 Å². The Balaban J connectivity index is 1.34. The molecule has 3 atom stereocenters. The van der Waals surface area contributed by atoms with Gasteiger partial charge in [-0.05, 0) is 85.7 Å². The average Bonchev–Trinajstić information content (AvgIpc) is 3.63. The lowest BCUT2D eigenvalue weighted by atomic mass is 9.60. The summed E-state index contributed by atoms with van der Waals surface area (Å²) in [6.45, 7) is 0.645. The molecule has 0 spiro atoms. The minimum atomic E-state index is -4.66. The molecule has 2 aliphatic carbocycles. The van der Waals surface area contributed by atoms with Crippen LogP contribution in [0.1, 0.15) is 46.6 Å². The first-order valence-electron chi connectivity index (χ1n) is 14.7. The molecule has 14 heteroatoms. The van der Waals surface area contributed by atoms with E-state index in [0.29, 0.717) is 48.0 Å². The number of ketones is 1. The SMILES string of the molecule is C=S(=O)(c1ccn(C)n1)N(C1COC1)[C@H]1CCC2=Cc3c(cnn3-c3ccc(F)cc3)C[C@]2(C(=O)c2cc(C(F)(F)F)ccn2)C1. The van der Waals surface area contributed by atoms with E-state index in [2.05, 4.69) is 21.1 Å². The highest BCUT2D eigenvalue weighted by Gasteiger charge is 2.53. The third-order valence-electron chi connectivity index (χ3n) is 9.16. The highest BCUT2D eigenvalue weighted by atomic mass is 32.2. The van der Waals surface area contributed by atoms with Crippen LogP contribution in [0.5, 0.6) is 0 Å². The second-order valence-corrected chi connectivity index (χ2v) is 14.2. The zero-order valence-corrected chi connectivity index (χ0v) is 25.6. The molecule has 3 aromatic heterocycles. The Hall–Kier alpha value is -4.14. The molecule has 3 aliphatic rings. The van der Waals surface area contributed by atoms with Crippen LogP contribution in [0, 0.1) is 11.2 Å². The van der Waals surface area contributed by atoms with Crippen LogP contribution in [-0.4, -0.2) is 70.0 Å². The number of carbonyl (C=O) groups excluding carboxylic acids is 1. The van der Waals surface area contributed by atoms with Gasteiger partial charge in [-0.15, -0.1) is 0 Å². The number of Topliss-reactive ketones (excluding diaryl/α,β-unsaturated/α-hetero) is 1. The summed E-state index contributed by atoms with van der Waals surface area (Å²) in [5.74, 6) is 3.18. The standard InChI is InChI=1S/C32H30F4N6O3S/c1-40-12-10-29(39-40)46(2,44)42(26-18-45-19-26)25-6-3-21-14-28-20(17-38-41(28)24-7-4-23(33)5-8-24)15-31(21,16-25)30(43)27-13-22(9-11-37-27)32(34,35)36/h4-5,7-14,17,25-26H,2-3,6,15-16,18-19H2,1H3/t25-,31-,46?/m0/s1. The molecule has 0 radical (unpaired) electrons. The second kappa shape index (κ2) is 11.0. The van der Waals surface area contributed by atoms with Gasteiger partial charge < -0.3 is 4.74 Å². The number of aryl methyl sites for hydroxylation is 1. The van der Waals surface area contributed by atoms with Gasteiger partial charge in [0.25, 0.3) is 0 Å². The van der Waals surface area contributed by atoms with Gasteiger partial charge in [-0.3, -0.25) is 14.5 Å². The predicted octanol–water partition coefficient (Wildman–Crippen LogP) is 4.91. The number of hydrogen-bond acceptors (Lipinski definition) is 6. The normalized spacial score (nSPS) is 22.8. The Morgan fingerprint density at radius 3 is 2.57 bits per heavy atom. The smallest absolute Gasteiger partial charge is 0.378 e. The molecule has 0 bridgehead atoms. The molecule has 240 valence electrons. The molecule has 1 saturated carbocycles. The summed E-state index contributed by atoms with van der Waals surface area (Å²) in [4.78, 5) is 18.7. The fourth-order valence-corrected chi connectivity index (χ4v) is 8.90. The van der Waals surface area contributed by atoms with Gasteiger partial charge in [0.15, 0.2) is 10.8 Å². The van der Waals surface area contributed by atoms with E-state index < -0.39 is 44.5 Å². The molecule has 0 amide bonds. The van der Waals surface area contributed by atoms with Crippen LogP contribution in [0.25, 0.3) is 11.8 Å². The number of allylic oxidation sites excluding steroid dienone is 1. The third kappa shape index (κ3) is 5.08. The number of rotatable bonds is 7. The van der Waals surface area contributed by atoms with Gasteiger partial charge in [-0.25, -0.2) is 17.6 Å². The van der Waals surface area contributed by atoms with Crippen molar-refractivity contribution >= 4 is 27.4 Å². The number of aromatic nitrogens is 5. The lowest BCUT2D eigenvalue weighted by Crippen LogP contribution is -2.59. The van der Waals surface area contributed by atoms with Crippen molar-refractivity contribution in [2.75, 3.05) is 13.2 Å². The number of carbonyl (C=O) groups is 1. The van der Waals surface area contributed by atoms with Gasteiger partial charge in [-0.2, -0.15) is 23.4 Å². The van der Waals surface area contributed by atoms with E-state index in [0.717, 1.165) is 23.9 Å². The quantitative estimate of drug-likeness (QED) is 0.160. The van der Waals surface area contributed by atoms with Crippen molar-refractivity contribution < 1.29 is 31.3 Å². The van der Waals surface area contributed by atoms with Crippen molar-refractivity contribution in [2.24, 2.45) is 12.5 Å². The van der Waals surface area contributed by atoms with Crippen LogP contribution in [-0.2, 0) is 34.1 Å². The maximum absolute atomic E-state index is 14.6. The summed E-state index contributed by atoms with van der Waals surface area (Å²) in [6, 6.07) is 8.44. The average molecular weight is 655 g/mol. The molecule has 1 aromatic carbocycles. The first-order valence-corrected chi connectivity index (χ1v) is 16.4. The van der Waals surface area contributed by atoms with Crippen molar-refractivity contribution in [1.29, 1.82) is 0 Å². The Morgan fingerprint density at radius 2 is 1.91 bits per heavy atom. The Labute approximate surface area is 262 Å². The summed E-state index contributed by atoms with van der Waals surface area (Å²) in [5, 5.41) is 9.22. The van der Waals surface area contributed by atoms with Crippen molar-refractivity contribution in [3.05, 3.63) is 95.0 Å². The van der Waals surface area contributed by atoms with Crippen LogP contribution >= 0.6 is 0 Å². The summed E-state index contributed by atoms with van der Waals surface area (Å²) >= 11 is 0. The summed E-state index contributed by atoms with van der Waals surface area (Å²) in [7, 11) is -1.42. The molecule has 7 rings (SSSR count). The monoisotopic (exact) mass is 654 g/mol. The van der Waals surface area contributed by atoms with Crippen LogP contribution in [0.4, 0.5) is 17.6 Å². The molecule has 4 aromatic rings. The number of hydrogen-bond donors (Lipinski definition) is 0. The van der Waals surface area contributed by atoms with Crippen LogP contribution in [0.3, 0.4) is 0 Å². The Kier molecular flexibility index (Phi) is 7.29. The van der Waals surface area contributed by atoms with Crippen LogP contribution in [0.2, 0.25) is 0 Å². The van der Waals surface area contributed by atoms with E-state index in [1.807, 2.05) is 10.4 Å². The number of fused-ring (bicyclic) bond motifs is 2. The van der Waals surface area contributed by atoms with Gasteiger partial charge in [0.2, 0.25) is 0 Å². The maximum atomic E-state index is 14.6. The maximum Gasteiger partial charge on any atom is 0.416 e. The van der Waals surface area contributed by atoms with Crippen molar-refractivity contribution in [2.45, 2.75) is 49.0 Å². The number of halogens is 4. The van der Waals surface area contributed by atoms with E-state index >= 15 is 0 Å². The van der Waals surface area contributed by atoms with Gasteiger partial charge in [-0.1, -0.05) is 5.57 Å². The summed E-state index contributed by atoms with van der Waals surface area (Å²) in [5.41, 5.74) is 0.190. The largest absolute Gasteiger partial charge is 0.416 e. The van der Waals surface area contributed by atoms with Crippen molar-refractivity contribution in [3.8, 4) is 5.69 Å². The van der Waals surface area contributed by atoms with E-state index in [1.165, 1.54) is 12.1 Å². The van der Waals surface area contributed by atoms with Gasteiger partial charge >= 0.3 is 6.18 Å². The van der Waals surface area contributed by atoms with Crippen LogP contribution < -0.4 is 0 Å². The molecule has 1 saturated heterocycles. The number of benzene rings is 1. The second-order valence-electron chi connectivity index (χ2n) is 12.0. The molecule has 0 N–H and O–H groups in total. The predicted molar refractivity (Wildman–Crippen MR) is 162 cm³/mol. The number of pyridine rings is 1.